The summed E-state index contributed by atoms with van der Waals surface area (Å²) in [5.41, 5.74) is 0.812. The van der Waals surface area contributed by atoms with Gasteiger partial charge in [-0.2, -0.15) is 0 Å². The molecule has 0 saturated heterocycles. The summed E-state index contributed by atoms with van der Waals surface area (Å²) in [7, 11) is 0. The van der Waals surface area contributed by atoms with E-state index in [1.165, 1.54) is 11.3 Å². The van der Waals surface area contributed by atoms with Gasteiger partial charge in [0.1, 0.15) is 17.2 Å². The standard InChI is InChI=1S/C15H14N2O3S/c1-10-12-3-2-11(8-13(12)21-14(10)15(18)19)20-7-6-17-5-4-16-9-17/h2-5,8-9H,6-7H2,1H3,(H,18,19). The average Bonchev–Trinajstić information content (AvgIpc) is 3.07. The first-order valence-corrected chi connectivity index (χ1v) is 7.32. The van der Waals surface area contributed by atoms with Crippen molar-refractivity contribution >= 4 is 27.4 Å². The Morgan fingerprint density at radius 2 is 2.33 bits per heavy atom. The largest absolute Gasteiger partial charge is 0.492 e. The van der Waals surface area contributed by atoms with Gasteiger partial charge in [0.05, 0.1) is 12.9 Å². The molecular weight excluding hydrogens is 288 g/mol. The van der Waals surface area contributed by atoms with Gasteiger partial charge >= 0.3 is 5.97 Å². The summed E-state index contributed by atoms with van der Waals surface area (Å²) in [6, 6.07) is 5.69. The van der Waals surface area contributed by atoms with E-state index in [0.717, 1.165) is 27.9 Å². The Kier molecular flexibility index (Phi) is 3.62. The van der Waals surface area contributed by atoms with E-state index in [-0.39, 0.29) is 0 Å². The highest BCUT2D eigenvalue weighted by Crippen LogP contribution is 2.33. The third-order valence-electron chi connectivity index (χ3n) is 3.28. The van der Waals surface area contributed by atoms with E-state index in [2.05, 4.69) is 4.98 Å². The van der Waals surface area contributed by atoms with Crippen LogP contribution in [0.3, 0.4) is 0 Å². The molecule has 1 aromatic carbocycles. The fraction of sp³-hybridized carbons (Fsp3) is 0.200. The minimum atomic E-state index is -0.878. The molecule has 0 spiro atoms. The summed E-state index contributed by atoms with van der Waals surface area (Å²) in [5, 5.41) is 10.1. The average molecular weight is 302 g/mol. The lowest BCUT2D eigenvalue weighted by Crippen LogP contribution is -2.06. The maximum Gasteiger partial charge on any atom is 0.346 e. The highest BCUT2D eigenvalue weighted by Gasteiger charge is 2.14. The summed E-state index contributed by atoms with van der Waals surface area (Å²) < 4.78 is 8.58. The van der Waals surface area contributed by atoms with E-state index in [9.17, 15) is 4.79 Å². The number of ether oxygens (including phenoxy) is 1. The number of fused-ring (bicyclic) bond motifs is 1. The van der Waals surface area contributed by atoms with Crippen molar-refractivity contribution in [1.29, 1.82) is 0 Å². The second-order valence-electron chi connectivity index (χ2n) is 4.67. The fourth-order valence-electron chi connectivity index (χ4n) is 2.19. The van der Waals surface area contributed by atoms with Crippen molar-refractivity contribution < 1.29 is 14.6 Å². The second kappa shape index (κ2) is 5.57. The number of aromatic nitrogens is 2. The number of hydrogen-bond acceptors (Lipinski definition) is 4. The topological polar surface area (TPSA) is 64.3 Å². The van der Waals surface area contributed by atoms with E-state index in [1.54, 1.807) is 12.5 Å². The molecule has 6 heteroatoms. The number of carboxylic acids is 1. The van der Waals surface area contributed by atoms with Crippen molar-refractivity contribution in [1.82, 2.24) is 9.55 Å². The van der Waals surface area contributed by atoms with Crippen LogP contribution in [0.1, 0.15) is 15.2 Å². The SMILES string of the molecule is Cc1c(C(=O)O)sc2cc(OCCn3ccnc3)ccc12. The molecule has 1 N–H and O–H groups in total. The Labute approximate surface area is 125 Å². The van der Waals surface area contributed by atoms with Gasteiger partial charge in [0.25, 0.3) is 0 Å². The van der Waals surface area contributed by atoms with Gasteiger partial charge in [0.15, 0.2) is 0 Å². The van der Waals surface area contributed by atoms with E-state index in [4.69, 9.17) is 9.84 Å². The zero-order valence-electron chi connectivity index (χ0n) is 11.4. The second-order valence-corrected chi connectivity index (χ2v) is 5.72. The fourth-order valence-corrected chi connectivity index (χ4v) is 3.26. The molecule has 0 atom stereocenters. The third kappa shape index (κ3) is 2.75. The smallest absolute Gasteiger partial charge is 0.346 e. The van der Waals surface area contributed by atoms with Gasteiger partial charge in [-0.1, -0.05) is 0 Å². The zero-order valence-corrected chi connectivity index (χ0v) is 12.3. The maximum absolute atomic E-state index is 11.2. The Hall–Kier alpha value is -2.34. The molecule has 0 aliphatic heterocycles. The van der Waals surface area contributed by atoms with Gasteiger partial charge in [0, 0.05) is 17.1 Å². The van der Waals surface area contributed by atoms with Gasteiger partial charge in [-0.25, -0.2) is 9.78 Å². The number of aryl methyl sites for hydroxylation is 1. The predicted molar refractivity (Wildman–Crippen MR) is 81.2 cm³/mol. The van der Waals surface area contributed by atoms with Crippen LogP contribution in [-0.4, -0.2) is 27.2 Å². The Morgan fingerprint density at radius 3 is 3.05 bits per heavy atom. The van der Waals surface area contributed by atoms with Crippen molar-refractivity contribution in [2.24, 2.45) is 0 Å². The molecule has 2 heterocycles. The lowest BCUT2D eigenvalue weighted by molar-refractivity contribution is 0.0701. The van der Waals surface area contributed by atoms with Crippen molar-refractivity contribution in [2.45, 2.75) is 13.5 Å². The van der Waals surface area contributed by atoms with E-state index < -0.39 is 5.97 Å². The van der Waals surface area contributed by atoms with Crippen LogP contribution in [0.25, 0.3) is 10.1 Å². The number of hydrogen-bond donors (Lipinski definition) is 1. The molecule has 0 radical (unpaired) electrons. The summed E-state index contributed by atoms with van der Waals surface area (Å²) in [6.07, 6.45) is 5.36. The minimum absolute atomic E-state index is 0.389. The summed E-state index contributed by atoms with van der Waals surface area (Å²) >= 11 is 1.28. The van der Waals surface area contributed by atoms with Crippen LogP contribution in [0.2, 0.25) is 0 Å². The van der Waals surface area contributed by atoms with Crippen LogP contribution < -0.4 is 4.74 Å². The normalized spacial score (nSPS) is 10.9. The first-order valence-electron chi connectivity index (χ1n) is 6.50. The zero-order chi connectivity index (χ0) is 14.8. The molecule has 0 fully saturated rings. The molecule has 0 aliphatic carbocycles. The molecular formula is C15H14N2O3S. The predicted octanol–water partition coefficient (Wildman–Crippen LogP) is 3.18. The molecule has 108 valence electrons. The first-order chi connectivity index (χ1) is 10.1. The van der Waals surface area contributed by atoms with E-state index in [0.29, 0.717) is 11.5 Å². The Balaban J connectivity index is 1.76. The number of nitrogens with zero attached hydrogens (tertiary/aromatic N) is 2. The molecule has 21 heavy (non-hydrogen) atoms. The molecule has 0 bridgehead atoms. The van der Waals surface area contributed by atoms with E-state index >= 15 is 0 Å². The molecule has 3 rings (SSSR count). The molecule has 0 amide bonds. The first kappa shape index (κ1) is 13.6. The number of benzene rings is 1. The molecule has 0 aliphatic rings. The van der Waals surface area contributed by atoms with Crippen molar-refractivity contribution in [2.75, 3.05) is 6.61 Å². The summed E-state index contributed by atoms with van der Waals surface area (Å²) in [4.78, 5) is 15.5. The quantitative estimate of drug-likeness (QED) is 0.786. The molecule has 3 aromatic rings. The van der Waals surface area contributed by atoms with Crippen LogP contribution in [0.4, 0.5) is 0 Å². The number of carboxylic acid groups (broad SMARTS) is 1. The van der Waals surface area contributed by atoms with Crippen molar-refractivity contribution in [3.05, 3.63) is 47.4 Å². The highest BCUT2D eigenvalue weighted by molar-refractivity contribution is 7.21. The van der Waals surface area contributed by atoms with Crippen LogP contribution in [0, 0.1) is 6.92 Å². The van der Waals surface area contributed by atoms with Gasteiger partial charge in [0.2, 0.25) is 0 Å². The van der Waals surface area contributed by atoms with Crippen LogP contribution >= 0.6 is 11.3 Å². The van der Waals surface area contributed by atoms with Crippen LogP contribution in [0.5, 0.6) is 5.75 Å². The lowest BCUT2D eigenvalue weighted by Gasteiger charge is -2.06. The van der Waals surface area contributed by atoms with Gasteiger partial charge in [-0.15, -0.1) is 11.3 Å². The number of carbonyl (C=O) groups is 1. The Morgan fingerprint density at radius 1 is 1.48 bits per heavy atom. The van der Waals surface area contributed by atoms with Crippen LogP contribution in [-0.2, 0) is 6.54 Å². The van der Waals surface area contributed by atoms with Gasteiger partial charge < -0.3 is 14.4 Å². The maximum atomic E-state index is 11.2. The van der Waals surface area contributed by atoms with Gasteiger partial charge in [-0.3, -0.25) is 0 Å². The minimum Gasteiger partial charge on any atom is -0.492 e. The number of aromatic carboxylic acids is 1. The summed E-state index contributed by atoms with van der Waals surface area (Å²) in [6.45, 7) is 3.10. The van der Waals surface area contributed by atoms with E-state index in [1.807, 2.05) is 35.9 Å². The highest BCUT2D eigenvalue weighted by atomic mass is 32.1. The number of rotatable bonds is 5. The monoisotopic (exact) mass is 302 g/mol. The number of imidazole rings is 1. The third-order valence-corrected chi connectivity index (χ3v) is 4.52. The molecule has 5 nitrogen and oxygen atoms in total. The van der Waals surface area contributed by atoms with Crippen molar-refractivity contribution in [3.63, 3.8) is 0 Å². The molecule has 0 unspecified atom stereocenters. The Bertz CT molecular complexity index is 778. The summed E-state index contributed by atoms with van der Waals surface area (Å²) in [5.74, 6) is -0.128. The lowest BCUT2D eigenvalue weighted by atomic mass is 10.1. The van der Waals surface area contributed by atoms with Crippen LogP contribution in [0.15, 0.2) is 36.9 Å². The molecule has 2 aromatic heterocycles. The van der Waals surface area contributed by atoms with Crippen molar-refractivity contribution in [3.8, 4) is 5.75 Å². The number of thiophene rings is 1. The molecule has 0 saturated carbocycles. The van der Waals surface area contributed by atoms with Gasteiger partial charge in [-0.05, 0) is 36.1 Å².